The van der Waals surface area contributed by atoms with Gasteiger partial charge in [-0.2, -0.15) is 0 Å². The van der Waals surface area contributed by atoms with Gasteiger partial charge in [0.2, 0.25) is 5.75 Å². The van der Waals surface area contributed by atoms with Crippen molar-refractivity contribution in [2.45, 2.75) is 12.5 Å². The quantitative estimate of drug-likeness (QED) is 0.597. The number of aliphatic hydroxyl groups excluding tert-OH is 1. The van der Waals surface area contributed by atoms with Crippen LogP contribution in [0.15, 0.2) is 42.5 Å². The number of aliphatic hydroxyl groups is 1. The molecule has 0 saturated heterocycles. The standard InChI is InChI=1S/C20H24N2O6/c1-26-16-10-9-15(17(27-2)18(16)28-3)22-20(25)19(24)21-14(11-12-23)13-7-5-4-6-8-13/h4-10,14,23H,11-12H2,1-3H3,(H,21,24)(H,22,25)/t14-/m0/s1. The Morgan fingerprint density at radius 2 is 1.61 bits per heavy atom. The van der Waals surface area contributed by atoms with Crippen LogP contribution in [0.5, 0.6) is 17.2 Å². The molecule has 0 bridgehead atoms. The minimum absolute atomic E-state index is 0.134. The lowest BCUT2D eigenvalue weighted by Crippen LogP contribution is -2.38. The van der Waals surface area contributed by atoms with Gasteiger partial charge in [0.25, 0.3) is 0 Å². The highest BCUT2D eigenvalue weighted by atomic mass is 16.5. The average molecular weight is 388 g/mol. The minimum atomic E-state index is -0.871. The zero-order valence-electron chi connectivity index (χ0n) is 16.0. The highest BCUT2D eigenvalue weighted by Crippen LogP contribution is 2.42. The van der Waals surface area contributed by atoms with Crippen LogP contribution in [-0.4, -0.2) is 44.9 Å². The molecule has 150 valence electrons. The Bertz CT molecular complexity index is 810. The van der Waals surface area contributed by atoms with Crippen LogP contribution in [0.3, 0.4) is 0 Å². The van der Waals surface area contributed by atoms with E-state index in [-0.39, 0.29) is 24.5 Å². The number of carbonyl (C=O) groups is 2. The van der Waals surface area contributed by atoms with Gasteiger partial charge in [0, 0.05) is 6.61 Å². The van der Waals surface area contributed by atoms with Crippen LogP contribution in [0.2, 0.25) is 0 Å². The zero-order chi connectivity index (χ0) is 20.5. The summed E-state index contributed by atoms with van der Waals surface area (Å²) in [4.78, 5) is 24.8. The van der Waals surface area contributed by atoms with Crippen LogP contribution in [0.1, 0.15) is 18.0 Å². The van der Waals surface area contributed by atoms with E-state index in [9.17, 15) is 14.7 Å². The van der Waals surface area contributed by atoms with E-state index in [2.05, 4.69) is 10.6 Å². The molecule has 8 heteroatoms. The fourth-order valence-electron chi connectivity index (χ4n) is 2.74. The van der Waals surface area contributed by atoms with Gasteiger partial charge < -0.3 is 30.0 Å². The summed E-state index contributed by atoms with van der Waals surface area (Å²) in [6.45, 7) is -0.134. The summed E-state index contributed by atoms with van der Waals surface area (Å²) >= 11 is 0. The third-order valence-electron chi connectivity index (χ3n) is 4.08. The van der Waals surface area contributed by atoms with Crippen molar-refractivity contribution in [1.82, 2.24) is 5.32 Å². The minimum Gasteiger partial charge on any atom is -0.493 e. The molecule has 0 radical (unpaired) electrons. The van der Waals surface area contributed by atoms with Gasteiger partial charge >= 0.3 is 11.8 Å². The molecule has 8 nitrogen and oxygen atoms in total. The smallest absolute Gasteiger partial charge is 0.313 e. The van der Waals surface area contributed by atoms with Gasteiger partial charge in [0.15, 0.2) is 11.5 Å². The summed E-state index contributed by atoms with van der Waals surface area (Å²) in [5.41, 5.74) is 1.06. The number of anilines is 1. The molecule has 0 saturated carbocycles. The van der Waals surface area contributed by atoms with Crippen molar-refractivity contribution >= 4 is 17.5 Å². The molecule has 0 heterocycles. The monoisotopic (exact) mass is 388 g/mol. The molecule has 0 fully saturated rings. The zero-order valence-corrected chi connectivity index (χ0v) is 16.0. The molecule has 0 aromatic heterocycles. The van der Waals surface area contributed by atoms with Gasteiger partial charge in [-0.15, -0.1) is 0 Å². The molecule has 0 aliphatic rings. The lowest BCUT2D eigenvalue weighted by Gasteiger charge is -2.19. The molecule has 0 spiro atoms. The van der Waals surface area contributed by atoms with E-state index in [1.807, 2.05) is 30.3 Å². The first-order valence-electron chi connectivity index (χ1n) is 8.62. The lowest BCUT2D eigenvalue weighted by molar-refractivity contribution is -0.136. The fraction of sp³-hybridized carbons (Fsp3) is 0.300. The summed E-state index contributed by atoms with van der Waals surface area (Å²) in [6.07, 6.45) is 0.280. The number of hydrogen-bond donors (Lipinski definition) is 3. The molecule has 0 aliphatic heterocycles. The Hall–Kier alpha value is -3.26. The third-order valence-corrected chi connectivity index (χ3v) is 4.08. The maximum atomic E-state index is 12.4. The highest BCUT2D eigenvalue weighted by Gasteiger charge is 2.23. The number of rotatable bonds is 8. The van der Waals surface area contributed by atoms with Crippen molar-refractivity contribution in [3.63, 3.8) is 0 Å². The van der Waals surface area contributed by atoms with Crippen LogP contribution >= 0.6 is 0 Å². The summed E-state index contributed by atoms with van der Waals surface area (Å²) in [7, 11) is 4.34. The molecule has 0 aliphatic carbocycles. The first-order valence-corrected chi connectivity index (χ1v) is 8.62. The number of amides is 2. The normalized spacial score (nSPS) is 11.3. The van der Waals surface area contributed by atoms with Gasteiger partial charge in [0.1, 0.15) is 0 Å². The third kappa shape index (κ3) is 4.92. The first kappa shape index (κ1) is 21.0. The van der Waals surface area contributed by atoms with Crippen molar-refractivity contribution in [3.05, 3.63) is 48.0 Å². The molecule has 1 atom stereocenters. The number of benzene rings is 2. The van der Waals surface area contributed by atoms with Crippen LogP contribution in [0.25, 0.3) is 0 Å². The van der Waals surface area contributed by atoms with Crippen LogP contribution in [0.4, 0.5) is 5.69 Å². The second-order valence-electron chi connectivity index (χ2n) is 5.79. The van der Waals surface area contributed by atoms with E-state index < -0.39 is 17.9 Å². The van der Waals surface area contributed by atoms with Crippen molar-refractivity contribution in [2.24, 2.45) is 0 Å². The van der Waals surface area contributed by atoms with E-state index in [4.69, 9.17) is 14.2 Å². The SMILES string of the molecule is COc1ccc(NC(=O)C(=O)N[C@@H](CCO)c2ccccc2)c(OC)c1OC. The van der Waals surface area contributed by atoms with Gasteiger partial charge in [-0.3, -0.25) is 9.59 Å². The predicted octanol–water partition coefficient (Wildman–Crippen LogP) is 1.89. The maximum Gasteiger partial charge on any atom is 0.313 e. The summed E-state index contributed by atoms with van der Waals surface area (Å²) in [6, 6.07) is 11.8. The van der Waals surface area contributed by atoms with Crippen LogP contribution in [0, 0.1) is 0 Å². The summed E-state index contributed by atoms with van der Waals surface area (Å²) in [5, 5.41) is 14.4. The van der Waals surface area contributed by atoms with Crippen molar-refractivity contribution in [3.8, 4) is 17.2 Å². The van der Waals surface area contributed by atoms with Gasteiger partial charge in [0.05, 0.1) is 33.1 Å². The highest BCUT2D eigenvalue weighted by molar-refractivity contribution is 6.39. The number of nitrogens with one attached hydrogen (secondary N) is 2. The topological polar surface area (TPSA) is 106 Å². The van der Waals surface area contributed by atoms with E-state index in [0.717, 1.165) is 5.56 Å². The molecular weight excluding hydrogens is 364 g/mol. The number of hydrogen-bond acceptors (Lipinski definition) is 6. The lowest BCUT2D eigenvalue weighted by atomic mass is 10.0. The van der Waals surface area contributed by atoms with E-state index in [1.54, 1.807) is 12.1 Å². The van der Waals surface area contributed by atoms with Crippen LogP contribution in [-0.2, 0) is 9.59 Å². The maximum absolute atomic E-state index is 12.4. The second kappa shape index (κ2) is 10.2. The Labute approximate surface area is 163 Å². The summed E-state index contributed by atoms with van der Waals surface area (Å²) < 4.78 is 15.8. The molecule has 2 rings (SSSR count). The molecule has 28 heavy (non-hydrogen) atoms. The molecule has 2 aromatic rings. The molecule has 2 aromatic carbocycles. The van der Waals surface area contributed by atoms with Gasteiger partial charge in [-0.1, -0.05) is 30.3 Å². The largest absolute Gasteiger partial charge is 0.493 e. The first-order chi connectivity index (χ1) is 13.5. The molecule has 0 unspecified atom stereocenters. The Morgan fingerprint density at radius 3 is 2.18 bits per heavy atom. The average Bonchev–Trinajstić information content (AvgIpc) is 2.73. The van der Waals surface area contributed by atoms with Crippen molar-refractivity contribution in [2.75, 3.05) is 33.3 Å². The van der Waals surface area contributed by atoms with E-state index in [0.29, 0.717) is 11.5 Å². The van der Waals surface area contributed by atoms with Gasteiger partial charge in [-0.05, 0) is 24.1 Å². The number of carbonyl (C=O) groups excluding carboxylic acids is 2. The summed E-state index contributed by atoms with van der Waals surface area (Å²) in [5.74, 6) is -0.749. The molecular formula is C20H24N2O6. The van der Waals surface area contributed by atoms with Crippen molar-refractivity contribution in [1.29, 1.82) is 0 Å². The molecule has 2 amide bonds. The Morgan fingerprint density at radius 1 is 0.929 bits per heavy atom. The predicted molar refractivity (Wildman–Crippen MR) is 104 cm³/mol. The Balaban J connectivity index is 2.16. The van der Waals surface area contributed by atoms with Crippen LogP contribution < -0.4 is 24.8 Å². The molecule has 3 N–H and O–H groups in total. The van der Waals surface area contributed by atoms with Gasteiger partial charge in [-0.25, -0.2) is 0 Å². The van der Waals surface area contributed by atoms with E-state index >= 15 is 0 Å². The second-order valence-corrected chi connectivity index (χ2v) is 5.79. The number of methoxy groups -OCH3 is 3. The fourth-order valence-corrected chi connectivity index (χ4v) is 2.74. The van der Waals surface area contributed by atoms with Crippen molar-refractivity contribution < 1.29 is 28.9 Å². The number of ether oxygens (including phenoxy) is 3. The van der Waals surface area contributed by atoms with E-state index in [1.165, 1.54) is 21.3 Å². The Kier molecular flexibility index (Phi) is 7.65.